The van der Waals surface area contributed by atoms with E-state index in [4.69, 9.17) is 4.74 Å². The fraction of sp³-hybridized carbons (Fsp3) is 0.147. The topological polar surface area (TPSA) is 63.7 Å². The number of carbonyl (C=O) groups excluding carboxylic acids is 3. The summed E-state index contributed by atoms with van der Waals surface area (Å²) in [5.74, 6) is -2.58. The maximum atomic E-state index is 14.6. The molecule has 0 bridgehead atoms. The zero-order chi connectivity index (χ0) is 28.5. The molecule has 0 N–H and O–H groups in total. The van der Waals surface area contributed by atoms with E-state index in [-0.39, 0.29) is 16.9 Å². The molecule has 0 unspecified atom stereocenters. The molecule has 1 saturated heterocycles. The van der Waals surface area contributed by atoms with Crippen LogP contribution in [0.15, 0.2) is 97.1 Å². The summed E-state index contributed by atoms with van der Waals surface area (Å²) in [7, 11) is 1.50. The lowest BCUT2D eigenvalue weighted by Crippen LogP contribution is -2.48. The summed E-state index contributed by atoms with van der Waals surface area (Å²) < 4.78 is 33.9. The van der Waals surface area contributed by atoms with Gasteiger partial charge in [0.25, 0.3) is 0 Å². The Morgan fingerprint density at radius 1 is 0.829 bits per heavy atom. The first-order valence-corrected chi connectivity index (χ1v) is 13.2. The number of benzene rings is 4. The average molecular weight is 548 g/mol. The number of Topliss-reactive ketones (excluding diaryl/α,β-unsaturated/α-hetero) is 3. The molecule has 4 aromatic rings. The minimum absolute atomic E-state index is 0.289. The molecule has 4 aromatic carbocycles. The zero-order valence-corrected chi connectivity index (χ0v) is 21.9. The van der Waals surface area contributed by atoms with E-state index < -0.39 is 46.6 Å². The first-order chi connectivity index (χ1) is 19.9. The highest BCUT2D eigenvalue weighted by molar-refractivity contribution is 6.32. The molecule has 1 fully saturated rings. The number of halogens is 2. The van der Waals surface area contributed by atoms with E-state index in [2.05, 4.69) is 0 Å². The Morgan fingerprint density at radius 2 is 1.51 bits per heavy atom. The number of fused-ring (bicyclic) bond motifs is 5. The number of methoxy groups -OCH3 is 1. The van der Waals surface area contributed by atoms with Crippen molar-refractivity contribution in [1.82, 2.24) is 0 Å². The van der Waals surface area contributed by atoms with Crippen LogP contribution in [0.3, 0.4) is 0 Å². The largest absolute Gasteiger partial charge is 0.497 e. The highest BCUT2D eigenvalue weighted by Gasteiger charge is 2.71. The molecule has 1 spiro atoms. The SMILES string of the molecule is COc1cccc(C(=O)[C@H]2[C@H](c3ccc(F)cc3)C3(C(=O)c4ccccc4C3=O)[C@H]3C=Cc4cc(F)ccc4N23)c1. The lowest BCUT2D eigenvalue weighted by Gasteiger charge is -2.37. The van der Waals surface area contributed by atoms with E-state index in [0.717, 1.165) is 0 Å². The van der Waals surface area contributed by atoms with Gasteiger partial charge in [-0.1, -0.05) is 60.7 Å². The third-order valence-corrected chi connectivity index (χ3v) is 8.62. The molecular weight excluding hydrogens is 524 g/mol. The Morgan fingerprint density at radius 3 is 2.20 bits per heavy atom. The second kappa shape index (κ2) is 9.06. The van der Waals surface area contributed by atoms with E-state index in [1.807, 2.05) is 0 Å². The molecule has 5 nitrogen and oxygen atoms in total. The molecule has 3 atom stereocenters. The third-order valence-electron chi connectivity index (χ3n) is 8.62. The normalized spacial score (nSPS) is 21.5. The highest BCUT2D eigenvalue weighted by atomic mass is 19.1. The number of carbonyl (C=O) groups is 3. The van der Waals surface area contributed by atoms with Gasteiger partial charge in [-0.2, -0.15) is 0 Å². The minimum atomic E-state index is -1.72. The van der Waals surface area contributed by atoms with Crippen molar-refractivity contribution in [3.63, 3.8) is 0 Å². The predicted molar refractivity (Wildman–Crippen MR) is 149 cm³/mol. The van der Waals surface area contributed by atoms with Gasteiger partial charge in [0.05, 0.1) is 13.2 Å². The second-order valence-electron chi connectivity index (χ2n) is 10.6. The summed E-state index contributed by atoms with van der Waals surface area (Å²) in [5, 5.41) is 0. The van der Waals surface area contributed by atoms with Crippen molar-refractivity contribution in [3.05, 3.63) is 137 Å². The Balaban J connectivity index is 1.54. The monoisotopic (exact) mass is 547 g/mol. The standard InChI is InChI=1S/C34H23F2NO4/c1-41-24-6-4-5-21(18-24)31(38)30-29(19-9-12-22(35)13-10-19)34(32(39)25-7-2-3-8-26(25)33(34)40)28-16-11-20-17-23(36)14-15-27(20)37(28)30/h2-18,28-30H,1H3/t28-,29+,30-/m1/s1. The van der Waals surface area contributed by atoms with Gasteiger partial charge in [0.2, 0.25) is 0 Å². The van der Waals surface area contributed by atoms with Crippen molar-refractivity contribution >= 4 is 29.1 Å². The lowest BCUT2D eigenvalue weighted by molar-refractivity contribution is 0.0666. The summed E-state index contributed by atoms with van der Waals surface area (Å²) in [6.07, 6.45) is 3.42. The van der Waals surface area contributed by atoms with E-state index in [9.17, 15) is 23.2 Å². The average Bonchev–Trinajstić information content (AvgIpc) is 3.43. The van der Waals surface area contributed by atoms with E-state index >= 15 is 0 Å². The molecule has 41 heavy (non-hydrogen) atoms. The number of ketones is 3. The summed E-state index contributed by atoms with van der Waals surface area (Å²) >= 11 is 0. The van der Waals surface area contributed by atoms with Crippen LogP contribution >= 0.6 is 0 Å². The van der Waals surface area contributed by atoms with Crippen LogP contribution in [0.5, 0.6) is 5.75 Å². The molecule has 7 rings (SSSR count). The van der Waals surface area contributed by atoms with Gasteiger partial charge in [-0.05, 0) is 48.0 Å². The van der Waals surface area contributed by atoms with Gasteiger partial charge in [-0.25, -0.2) is 8.78 Å². The van der Waals surface area contributed by atoms with Gasteiger partial charge in [-0.15, -0.1) is 0 Å². The summed E-state index contributed by atoms with van der Waals surface area (Å²) in [6, 6.07) is 21.3. The van der Waals surface area contributed by atoms with Gasteiger partial charge in [0.15, 0.2) is 17.3 Å². The molecule has 0 amide bonds. The van der Waals surface area contributed by atoms with E-state index in [1.54, 1.807) is 71.6 Å². The summed E-state index contributed by atoms with van der Waals surface area (Å²) in [6.45, 7) is 0. The van der Waals surface area contributed by atoms with Crippen LogP contribution in [0.2, 0.25) is 0 Å². The Bertz CT molecular complexity index is 1760. The van der Waals surface area contributed by atoms with Crippen LogP contribution in [-0.4, -0.2) is 36.5 Å². The molecule has 2 aliphatic heterocycles. The fourth-order valence-electron chi connectivity index (χ4n) is 6.94. The van der Waals surface area contributed by atoms with Gasteiger partial charge >= 0.3 is 0 Å². The molecule has 0 aromatic heterocycles. The molecule has 2 heterocycles. The van der Waals surface area contributed by atoms with Crippen molar-refractivity contribution in [2.75, 3.05) is 12.0 Å². The Labute approximate surface area is 234 Å². The van der Waals surface area contributed by atoms with E-state index in [0.29, 0.717) is 28.1 Å². The zero-order valence-electron chi connectivity index (χ0n) is 21.9. The van der Waals surface area contributed by atoms with Crippen molar-refractivity contribution in [2.24, 2.45) is 5.41 Å². The predicted octanol–water partition coefficient (Wildman–Crippen LogP) is 6.29. The maximum absolute atomic E-state index is 14.6. The molecule has 3 aliphatic rings. The fourth-order valence-corrected chi connectivity index (χ4v) is 6.94. The van der Waals surface area contributed by atoms with Crippen LogP contribution in [0.4, 0.5) is 14.5 Å². The van der Waals surface area contributed by atoms with Gasteiger partial charge in [-0.3, -0.25) is 14.4 Å². The third kappa shape index (κ3) is 3.41. The molecule has 1 aliphatic carbocycles. The smallest absolute Gasteiger partial charge is 0.186 e. The minimum Gasteiger partial charge on any atom is -0.497 e. The van der Waals surface area contributed by atoms with Crippen molar-refractivity contribution in [1.29, 1.82) is 0 Å². The van der Waals surface area contributed by atoms with Crippen LogP contribution in [0.25, 0.3) is 6.08 Å². The van der Waals surface area contributed by atoms with Crippen molar-refractivity contribution in [3.8, 4) is 5.75 Å². The Kier molecular flexibility index (Phi) is 5.54. The number of hydrogen-bond donors (Lipinski definition) is 0. The molecular formula is C34H23F2NO4. The van der Waals surface area contributed by atoms with Crippen LogP contribution in [0.1, 0.15) is 48.1 Å². The van der Waals surface area contributed by atoms with Crippen molar-refractivity contribution in [2.45, 2.75) is 18.0 Å². The van der Waals surface area contributed by atoms with Crippen molar-refractivity contribution < 1.29 is 27.9 Å². The van der Waals surface area contributed by atoms with Crippen LogP contribution < -0.4 is 9.64 Å². The Hall–Kier alpha value is -4.91. The number of anilines is 1. The summed E-state index contributed by atoms with van der Waals surface area (Å²) in [5.41, 5.74) is 0.716. The summed E-state index contributed by atoms with van der Waals surface area (Å²) in [4.78, 5) is 45.5. The maximum Gasteiger partial charge on any atom is 0.186 e. The van der Waals surface area contributed by atoms with Gasteiger partial charge in [0.1, 0.15) is 28.8 Å². The quantitative estimate of drug-likeness (QED) is 0.222. The highest BCUT2D eigenvalue weighted by Crippen LogP contribution is 2.61. The second-order valence-corrected chi connectivity index (χ2v) is 10.6. The first kappa shape index (κ1) is 25.1. The number of rotatable bonds is 4. The number of nitrogens with zero attached hydrogens (tertiary/aromatic N) is 1. The van der Waals surface area contributed by atoms with Crippen LogP contribution in [0, 0.1) is 17.0 Å². The molecule has 0 saturated carbocycles. The van der Waals surface area contributed by atoms with E-state index in [1.165, 1.54) is 43.5 Å². The molecule has 202 valence electrons. The molecule has 7 heteroatoms. The number of ether oxygens (including phenoxy) is 1. The van der Waals surface area contributed by atoms with Crippen LogP contribution in [-0.2, 0) is 0 Å². The molecule has 0 radical (unpaired) electrons. The van der Waals surface area contributed by atoms with Gasteiger partial charge < -0.3 is 9.64 Å². The lowest BCUT2D eigenvalue weighted by atomic mass is 9.64. The first-order valence-electron chi connectivity index (χ1n) is 13.2. The van der Waals surface area contributed by atoms with Gasteiger partial charge in [0, 0.05) is 33.9 Å². The number of hydrogen-bond acceptors (Lipinski definition) is 5.